The highest BCUT2D eigenvalue weighted by molar-refractivity contribution is 6.19. The highest BCUT2D eigenvalue weighted by Crippen LogP contribution is 2.44. The van der Waals surface area contributed by atoms with Crippen LogP contribution in [0.3, 0.4) is 0 Å². The third-order valence-corrected chi connectivity index (χ3v) is 9.41. The van der Waals surface area contributed by atoms with Crippen LogP contribution in [0.2, 0.25) is 0 Å². The number of carbonyl (C=O) groups excluding carboxylic acids is 3. The van der Waals surface area contributed by atoms with Gasteiger partial charge >= 0.3 is 0 Å². The number of nitrogens with zero attached hydrogens (tertiary/aromatic N) is 4. The van der Waals surface area contributed by atoms with Crippen molar-refractivity contribution in [1.82, 2.24) is 19.4 Å². The number of hydrogen-bond donors (Lipinski definition) is 2. The van der Waals surface area contributed by atoms with E-state index in [0.29, 0.717) is 24.0 Å². The molecule has 0 saturated heterocycles. The molecule has 2 aromatic heterocycles. The van der Waals surface area contributed by atoms with E-state index in [-0.39, 0.29) is 17.9 Å². The Labute approximate surface area is 277 Å². The van der Waals surface area contributed by atoms with Gasteiger partial charge in [-0.25, -0.2) is 13.8 Å². The van der Waals surface area contributed by atoms with Crippen LogP contribution in [0.15, 0.2) is 54.7 Å². The molecular formula is C37H38F2N6O3. The van der Waals surface area contributed by atoms with Crippen molar-refractivity contribution < 1.29 is 23.2 Å². The first-order valence-corrected chi connectivity index (χ1v) is 15.8. The van der Waals surface area contributed by atoms with Gasteiger partial charge in [0, 0.05) is 73.6 Å². The van der Waals surface area contributed by atoms with Crippen molar-refractivity contribution in [2.75, 3.05) is 30.4 Å². The van der Waals surface area contributed by atoms with E-state index in [0.717, 1.165) is 63.0 Å². The first kappa shape index (κ1) is 32.8. The van der Waals surface area contributed by atoms with Crippen molar-refractivity contribution in [1.29, 1.82) is 0 Å². The summed E-state index contributed by atoms with van der Waals surface area (Å²) in [6, 6.07) is 9.80. The van der Waals surface area contributed by atoms with Gasteiger partial charge in [0.2, 0.25) is 5.91 Å². The molecule has 0 aliphatic carbocycles. The van der Waals surface area contributed by atoms with Crippen molar-refractivity contribution >= 4 is 50.8 Å². The van der Waals surface area contributed by atoms with Gasteiger partial charge in [0.25, 0.3) is 0 Å². The van der Waals surface area contributed by atoms with Crippen LogP contribution >= 0.6 is 0 Å². The number of fused-ring (bicyclic) bond motifs is 4. The van der Waals surface area contributed by atoms with Crippen molar-refractivity contribution in [2.24, 2.45) is 7.05 Å². The number of hydrogen-bond acceptors (Lipinski definition) is 6. The molecule has 0 saturated carbocycles. The van der Waals surface area contributed by atoms with Crippen LogP contribution in [0.25, 0.3) is 33.1 Å². The summed E-state index contributed by atoms with van der Waals surface area (Å²) >= 11 is 0. The van der Waals surface area contributed by atoms with E-state index in [1.807, 2.05) is 43.8 Å². The SMILES string of the molecule is CC(=O)C(C)(C)NC/C=C/C(=O)Nc1c(F)cc(C(=O)c2cn3c4c(cccc24)-c2c(C)cc4c(nc(C)n4C)c2N(C)CC3)cc1F. The normalized spacial score (nSPS) is 13.2. The Morgan fingerprint density at radius 1 is 1.04 bits per heavy atom. The van der Waals surface area contributed by atoms with E-state index < -0.39 is 34.6 Å². The smallest absolute Gasteiger partial charge is 0.248 e. The molecule has 0 fully saturated rings. The topological polar surface area (TPSA) is 101 Å². The minimum Gasteiger partial charge on any atom is -0.370 e. The lowest BCUT2D eigenvalue weighted by Gasteiger charge is -2.28. The zero-order chi connectivity index (χ0) is 34.7. The number of Topliss-reactive ketones (excluding diaryl/α,β-unsaturated/α-hetero) is 1. The molecule has 0 bridgehead atoms. The molecule has 9 nitrogen and oxygen atoms in total. The van der Waals surface area contributed by atoms with Gasteiger partial charge < -0.3 is 24.7 Å². The number of imidazole rings is 1. The average Bonchev–Trinajstić information content (AvgIpc) is 3.54. The van der Waals surface area contributed by atoms with Gasteiger partial charge in [0.15, 0.2) is 5.78 Å². The van der Waals surface area contributed by atoms with E-state index in [9.17, 15) is 14.4 Å². The second-order valence-corrected chi connectivity index (χ2v) is 13.0. The van der Waals surface area contributed by atoms with Crippen molar-refractivity contribution in [3.05, 3.63) is 88.9 Å². The third-order valence-electron chi connectivity index (χ3n) is 9.41. The number of halogens is 2. The van der Waals surface area contributed by atoms with Crippen LogP contribution in [0.5, 0.6) is 0 Å². The van der Waals surface area contributed by atoms with Gasteiger partial charge in [-0.3, -0.25) is 14.4 Å². The highest BCUT2D eigenvalue weighted by Gasteiger charge is 2.28. The maximum absolute atomic E-state index is 15.3. The maximum Gasteiger partial charge on any atom is 0.248 e. The average molecular weight is 653 g/mol. The van der Waals surface area contributed by atoms with Crippen LogP contribution in [0, 0.1) is 25.5 Å². The van der Waals surface area contributed by atoms with Gasteiger partial charge in [0.1, 0.15) is 34.4 Å². The molecule has 11 heteroatoms. The summed E-state index contributed by atoms with van der Waals surface area (Å²) in [5.41, 5.74) is 5.59. The van der Waals surface area contributed by atoms with E-state index in [2.05, 4.69) is 33.1 Å². The number of carbonyl (C=O) groups is 3. The number of rotatable bonds is 8. The number of aromatic nitrogens is 3. The largest absolute Gasteiger partial charge is 0.370 e. The highest BCUT2D eigenvalue weighted by atomic mass is 19.1. The summed E-state index contributed by atoms with van der Waals surface area (Å²) in [6.45, 7) is 10.3. The summed E-state index contributed by atoms with van der Waals surface area (Å²) in [7, 11) is 4.04. The fourth-order valence-electron chi connectivity index (χ4n) is 6.30. The van der Waals surface area contributed by atoms with Crippen LogP contribution in [-0.2, 0) is 23.2 Å². The van der Waals surface area contributed by atoms with Gasteiger partial charge in [-0.05, 0) is 58.4 Å². The molecule has 0 radical (unpaired) electrons. The summed E-state index contributed by atoms with van der Waals surface area (Å²) in [4.78, 5) is 45.1. The second kappa shape index (κ2) is 12.1. The predicted octanol–water partition coefficient (Wildman–Crippen LogP) is 6.22. The number of nitrogens with one attached hydrogen (secondary N) is 2. The first-order valence-electron chi connectivity index (χ1n) is 15.8. The Morgan fingerprint density at radius 2 is 1.75 bits per heavy atom. The Hall–Kier alpha value is -5.16. The molecule has 48 heavy (non-hydrogen) atoms. The summed E-state index contributed by atoms with van der Waals surface area (Å²) in [5.74, 6) is -2.59. The number of para-hydroxylation sites is 1. The molecule has 2 N–H and O–H groups in total. The maximum atomic E-state index is 15.3. The molecule has 6 rings (SSSR count). The molecular weight excluding hydrogens is 614 g/mol. The molecule has 248 valence electrons. The second-order valence-electron chi connectivity index (χ2n) is 13.0. The van der Waals surface area contributed by atoms with Crippen LogP contribution in [0.4, 0.5) is 20.2 Å². The van der Waals surface area contributed by atoms with Gasteiger partial charge in [0.05, 0.1) is 22.3 Å². The number of aryl methyl sites for hydroxylation is 3. The van der Waals surface area contributed by atoms with E-state index in [4.69, 9.17) is 4.98 Å². The van der Waals surface area contributed by atoms with E-state index >= 15 is 8.78 Å². The number of benzene rings is 3. The quantitative estimate of drug-likeness (QED) is 0.153. The Balaban J connectivity index is 1.34. The van der Waals surface area contributed by atoms with Crippen LogP contribution in [0.1, 0.15) is 48.1 Å². The Morgan fingerprint density at radius 3 is 2.44 bits per heavy atom. The number of anilines is 2. The molecule has 3 heterocycles. The number of likely N-dealkylation sites (N-methyl/N-ethyl adjacent to an activating group) is 1. The standard InChI is InChI=1S/C37H38F2N6O3/c1-20-16-29-33(41-22(3)44(29)7)35-31(20)25-11-8-10-24-26(19-45(34(24)25)15-14-43(35)6)36(48)23-17-27(38)32(28(39)18-23)42-30(47)12-9-13-40-37(4,5)21(2)46/h8-12,16-19,40H,13-15H2,1-7H3,(H,42,47)/b12-9+. The molecule has 0 spiro atoms. The first-order chi connectivity index (χ1) is 22.7. The number of amides is 1. The Bertz CT molecular complexity index is 2170. The summed E-state index contributed by atoms with van der Waals surface area (Å²) in [5, 5.41) is 5.87. The lowest BCUT2D eigenvalue weighted by Crippen LogP contribution is -2.45. The van der Waals surface area contributed by atoms with Gasteiger partial charge in [-0.1, -0.05) is 24.3 Å². The molecule has 1 aliphatic heterocycles. The monoisotopic (exact) mass is 652 g/mol. The van der Waals surface area contributed by atoms with E-state index in [1.165, 1.54) is 13.0 Å². The van der Waals surface area contributed by atoms with Gasteiger partial charge in [-0.2, -0.15) is 0 Å². The molecule has 0 atom stereocenters. The zero-order valence-electron chi connectivity index (χ0n) is 28.1. The number of ketones is 2. The Kier molecular flexibility index (Phi) is 8.28. The fourth-order valence-corrected chi connectivity index (χ4v) is 6.30. The van der Waals surface area contributed by atoms with E-state index in [1.54, 1.807) is 20.0 Å². The summed E-state index contributed by atoms with van der Waals surface area (Å²) < 4.78 is 34.6. The molecule has 1 aliphatic rings. The van der Waals surface area contributed by atoms with Crippen LogP contribution < -0.4 is 15.5 Å². The van der Waals surface area contributed by atoms with Crippen molar-refractivity contribution in [3.8, 4) is 11.1 Å². The predicted molar refractivity (Wildman–Crippen MR) is 185 cm³/mol. The van der Waals surface area contributed by atoms with Crippen molar-refractivity contribution in [2.45, 2.75) is 46.7 Å². The minimum atomic E-state index is -1.07. The molecule has 1 amide bonds. The molecule has 3 aromatic carbocycles. The lowest BCUT2D eigenvalue weighted by molar-refractivity contribution is -0.122. The van der Waals surface area contributed by atoms with Crippen LogP contribution in [-0.4, -0.2) is 57.3 Å². The molecule has 0 unspecified atom stereocenters. The zero-order valence-corrected chi connectivity index (χ0v) is 28.1. The lowest BCUT2D eigenvalue weighted by atomic mass is 9.93. The molecule has 5 aromatic rings. The van der Waals surface area contributed by atoms with Gasteiger partial charge in [-0.15, -0.1) is 0 Å². The fraction of sp³-hybridized carbons (Fsp3) is 0.297. The minimum absolute atomic E-state index is 0.0720. The van der Waals surface area contributed by atoms with Crippen molar-refractivity contribution in [3.63, 3.8) is 0 Å². The summed E-state index contributed by atoms with van der Waals surface area (Å²) in [6.07, 6.45) is 4.33. The third kappa shape index (κ3) is 5.57.